The monoisotopic (exact) mass is 330 g/mol. The van der Waals surface area contributed by atoms with Gasteiger partial charge >= 0.3 is 0 Å². The van der Waals surface area contributed by atoms with Gasteiger partial charge < -0.3 is 14.6 Å². The molecule has 0 saturated carbocycles. The molecule has 0 aliphatic carbocycles. The van der Waals surface area contributed by atoms with Crippen LogP contribution in [0, 0.1) is 11.8 Å². The van der Waals surface area contributed by atoms with Crippen LogP contribution in [0.25, 0.3) is 0 Å². The third-order valence-electron chi connectivity index (χ3n) is 4.40. The quantitative estimate of drug-likeness (QED) is 0.921. The summed E-state index contributed by atoms with van der Waals surface area (Å²) >= 11 is 0. The van der Waals surface area contributed by atoms with Crippen molar-refractivity contribution in [3.8, 4) is 11.5 Å². The Labute approximate surface area is 154 Å². The largest absolute Gasteiger partial charge is 0.493 e. The van der Waals surface area contributed by atoms with Gasteiger partial charge in [0.1, 0.15) is 0 Å². The average Bonchev–Trinajstić information content (AvgIpc) is 2.61. The predicted octanol–water partition coefficient (Wildman–Crippen LogP) is 3.03. The summed E-state index contributed by atoms with van der Waals surface area (Å²) in [7, 11) is -6.04. The number of rotatable bonds is 4. The van der Waals surface area contributed by atoms with Gasteiger partial charge in [-0.3, -0.25) is 4.90 Å². The number of hydrogen-bond acceptors (Lipinski definition) is 4. The predicted molar refractivity (Wildman–Crippen MR) is 91.1 cm³/mol. The number of hydrogen-bond donors (Lipinski definition) is 1. The zero-order valence-electron chi connectivity index (χ0n) is 24.2. The second-order valence-electron chi connectivity index (χ2n) is 6.50. The number of fused-ring (bicyclic) bond motifs is 3. The van der Waals surface area contributed by atoms with E-state index in [1.54, 1.807) is 0 Å². The molecule has 2 heterocycles. The molecule has 3 unspecified atom stereocenters. The van der Waals surface area contributed by atoms with Crippen LogP contribution in [0.15, 0.2) is 12.1 Å². The molecule has 3 atom stereocenters. The minimum atomic E-state index is -3.03. The van der Waals surface area contributed by atoms with E-state index in [1.165, 1.54) is 0 Å². The van der Waals surface area contributed by atoms with Crippen molar-refractivity contribution in [3.63, 3.8) is 0 Å². The topological polar surface area (TPSA) is 41.9 Å². The first kappa shape index (κ1) is 7.75. The van der Waals surface area contributed by atoms with Crippen molar-refractivity contribution in [2.75, 3.05) is 27.1 Å². The lowest BCUT2D eigenvalue weighted by molar-refractivity contribution is -0.0191. The Bertz CT molecular complexity index is 931. The Morgan fingerprint density at radius 1 is 1.39 bits per heavy atom. The lowest BCUT2D eigenvalue weighted by atomic mass is 9.79. The fraction of sp³-hybridized carbons (Fsp3) is 0.684. The van der Waals surface area contributed by atoms with Crippen molar-refractivity contribution in [1.82, 2.24) is 4.90 Å². The highest BCUT2D eigenvalue weighted by molar-refractivity contribution is 5.49. The second kappa shape index (κ2) is 6.70. The Morgan fingerprint density at radius 2 is 2.13 bits per heavy atom. The van der Waals surface area contributed by atoms with Crippen molar-refractivity contribution in [2.45, 2.75) is 45.2 Å². The maximum atomic E-state index is 10.8. The number of aliphatic hydroxyl groups excluding tert-OH is 1. The van der Waals surface area contributed by atoms with Crippen LogP contribution in [0.5, 0.6) is 11.5 Å². The van der Waals surface area contributed by atoms with E-state index in [4.69, 9.17) is 23.2 Å². The standard InChI is InChI=1S/C19H29NO3/c1-12(2)7-14-11-20-6-5-13-8-18(22-3)19(23-4)9-15(13)16(20)10-17(14)21/h8-9,12,14,16-17,21H,5-7,10-11H2,1-4H3/i3D3,4D3,5D2,6D2,16D. The molecule has 0 aromatic heterocycles. The van der Waals surface area contributed by atoms with Gasteiger partial charge in [-0.25, -0.2) is 0 Å². The highest BCUT2D eigenvalue weighted by atomic mass is 16.5. The molecule has 4 nitrogen and oxygen atoms in total. The van der Waals surface area contributed by atoms with Crippen molar-refractivity contribution in [3.05, 3.63) is 23.3 Å². The van der Waals surface area contributed by atoms with Crippen LogP contribution in [0.4, 0.5) is 0 Å². The minimum absolute atomic E-state index is 0.0994. The maximum Gasteiger partial charge on any atom is 0.161 e. The lowest BCUT2D eigenvalue weighted by Gasteiger charge is -2.46. The maximum absolute atomic E-state index is 10.8. The number of nitrogens with zero attached hydrogens (tertiary/aromatic N) is 1. The van der Waals surface area contributed by atoms with E-state index < -0.39 is 56.5 Å². The molecule has 3 rings (SSSR count). The van der Waals surface area contributed by atoms with Crippen LogP contribution in [0.2, 0.25) is 0 Å². The van der Waals surface area contributed by atoms with E-state index in [-0.39, 0.29) is 30.0 Å². The van der Waals surface area contributed by atoms with Gasteiger partial charge in [-0.1, -0.05) is 13.8 Å². The van der Waals surface area contributed by atoms with Gasteiger partial charge in [-0.15, -0.1) is 0 Å². The average molecular weight is 331 g/mol. The van der Waals surface area contributed by atoms with Crippen LogP contribution in [0.3, 0.4) is 0 Å². The van der Waals surface area contributed by atoms with Crippen molar-refractivity contribution >= 4 is 0 Å². The number of methoxy groups -OCH3 is 2. The minimum Gasteiger partial charge on any atom is -0.493 e. The zero-order chi connectivity index (χ0) is 26.1. The van der Waals surface area contributed by atoms with Gasteiger partial charge in [0.25, 0.3) is 0 Å². The normalized spacial score (nSPS) is 43.2. The van der Waals surface area contributed by atoms with Crippen molar-refractivity contribution in [2.24, 2.45) is 11.8 Å². The molecule has 1 aromatic carbocycles. The molecule has 0 amide bonds. The Kier molecular flexibility index (Phi) is 2.26. The second-order valence-corrected chi connectivity index (χ2v) is 6.50. The van der Waals surface area contributed by atoms with Crippen LogP contribution >= 0.6 is 0 Å². The van der Waals surface area contributed by atoms with Crippen molar-refractivity contribution in [1.29, 1.82) is 0 Å². The molecule has 1 N–H and O–H groups in total. The molecule has 1 aromatic rings. The summed E-state index contributed by atoms with van der Waals surface area (Å²) < 4.78 is 97.9. The molecule has 2 aliphatic heterocycles. The molecule has 0 spiro atoms. The van der Waals surface area contributed by atoms with Crippen LogP contribution in [-0.2, 0) is 6.37 Å². The molecule has 1 saturated heterocycles. The van der Waals surface area contributed by atoms with Gasteiger partial charge in [-0.2, -0.15) is 0 Å². The van der Waals surface area contributed by atoms with Gasteiger partial charge in [-0.05, 0) is 54.3 Å². The highest BCUT2D eigenvalue weighted by Crippen LogP contribution is 2.43. The van der Waals surface area contributed by atoms with E-state index >= 15 is 0 Å². The van der Waals surface area contributed by atoms with Gasteiger partial charge in [0, 0.05) is 24.5 Å². The smallest absolute Gasteiger partial charge is 0.161 e. The third kappa shape index (κ3) is 3.20. The zero-order valence-corrected chi connectivity index (χ0v) is 13.2. The highest BCUT2D eigenvalue weighted by Gasteiger charge is 2.38. The summed E-state index contributed by atoms with van der Waals surface area (Å²) in [5, 5.41) is 10.8. The fourth-order valence-corrected chi connectivity index (χ4v) is 3.34. The SMILES string of the molecule is [2H]C([2H])([2H])Oc1cc2c(cc1OC([2H])([2H])[2H])C([2H])([2H])C([2H])([2H])N1CC(CC(C)C)C(O)CC21[2H]. The third-order valence-corrected chi connectivity index (χ3v) is 4.40. The van der Waals surface area contributed by atoms with Crippen LogP contribution < -0.4 is 9.47 Å². The molecular formula is C19H29NO3. The summed E-state index contributed by atoms with van der Waals surface area (Å²) in [4.78, 5) is 1.06. The number of ether oxygens (including phenoxy) is 2. The molecule has 0 radical (unpaired) electrons. The summed E-state index contributed by atoms with van der Waals surface area (Å²) in [6.45, 7) is 1.08. The number of aryl methyl sites for hydroxylation is 1. The Hall–Kier alpha value is -1.26. The number of benzene rings is 1. The molecule has 0 bridgehead atoms. The van der Waals surface area contributed by atoms with Gasteiger partial charge in [0.2, 0.25) is 0 Å². The van der Waals surface area contributed by atoms with E-state index in [1.807, 2.05) is 13.8 Å². The lowest BCUT2D eigenvalue weighted by Crippen LogP contribution is -2.48. The molecule has 1 fully saturated rings. The first-order valence-corrected chi connectivity index (χ1v) is 7.72. The van der Waals surface area contributed by atoms with Crippen molar-refractivity contribution < 1.29 is 29.7 Å². The fourth-order valence-electron chi connectivity index (χ4n) is 3.34. The van der Waals surface area contributed by atoms with Crippen LogP contribution in [0.1, 0.15) is 58.9 Å². The summed E-state index contributed by atoms with van der Waals surface area (Å²) in [6.07, 6.45) is -3.45. The van der Waals surface area contributed by atoms with Crippen LogP contribution in [-0.4, -0.2) is 43.2 Å². The van der Waals surface area contributed by atoms with E-state index in [0.717, 1.165) is 17.0 Å². The summed E-state index contributed by atoms with van der Waals surface area (Å²) in [5.41, 5.74) is -0.484. The Balaban J connectivity index is 2.25. The summed E-state index contributed by atoms with van der Waals surface area (Å²) in [6, 6.07) is -0.0607. The molecule has 4 heteroatoms. The number of piperidine rings is 1. The molecular weight excluding hydrogens is 290 g/mol. The number of aliphatic hydroxyl groups is 1. The van der Waals surface area contributed by atoms with E-state index in [2.05, 4.69) is 0 Å². The molecule has 23 heavy (non-hydrogen) atoms. The Morgan fingerprint density at radius 3 is 2.83 bits per heavy atom. The van der Waals surface area contributed by atoms with E-state index in [9.17, 15) is 6.48 Å². The summed E-state index contributed by atoms with van der Waals surface area (Å²) in [5.74, 6) is -1.38. The van der Waals surface area contributed by atoms with Gasteiger partial charge in [0.15, 0.2) is 11.5 Å². The first-order chi connectivity index (χ1) is 15.2. The van der Waals surface area contributed by atoms with Gasteiger partial charge in [0.05, 0.1) is 29.8 Å². The van der Waals surface area contributed by atoms with E-state index in [0.29, 0.717) is 6.42 Å². The molecule has 128 valence electrons. The first-order valence-electron chi connectivity index (χ1n) is 13.2. The molecule has 2 aliphatic rings.